The van der Waals surface area contributed by atoms with Crippen LogP contribution in [-0.2, 0) is 4.79 Å². The van der Waals surface area contributed by atoms with Crippen LogP contribution >= 0.6 is 0 Å². The van der Waals surface area contributed by atoms with Gasteiger partial charge in [-0.25, -0.2) is 4.68 Å². The molecule has 1 atom stereocenters. The van der Waals surface area contributed by atoms with Gasteiger partial charge in [0.05, 0.1) is 10.6 Å². The van der Waals surface area contributed by atoms with Gasteiger partial charge in [-0.3, -0.25) is 14.9 Å². The highest BCUT2D eigenvalue weighted by molar-refractivity contribution is 5.99. The van der Waals surface area contributed by atoms with Gasteiger partial charge in [0.1, 0.15) is 11.9 Å². The molecule has 0 saturated heterocycles. The summed E-state index contributed by atoms with van der Waals surface area (Å²) >= 11 is 0. The van der Waals surface area contributed by atoms with E-state index in [1.54, 1.807) is 16.8 Å². The highest BCUT2D eigenvalue weighted by Crippen LogP contribution is 2.40. The van der Waals surface area contributed by atoms with Crippen molar-refractivity contribution < 1.29 is 9.72 Å². The summed E-state index contributed by atoms with van der Waals surface area (Å²) in [6, 6.07) is 7.98. The van der Waals surface area contributed by atoms with Crippen LogP contribution in [0.25, 0.3) is 0 Å². The van der Waals surface area contributed by atoms with E-state index in [-0.39, 0.29) is 17.5 Å². The number of fused-ring (bicyclic) bond motifs is 1. The van der Waals surface area contributed by atoms with Crippen LogP contribution in [0.2, 0.25) is 0 Å². The van der Waals surface area contributed by atoms with E-state index < -0.39 is 4.92 Å². The number of Topliss-reactive ketones (excluding diaryl/α,β-unsaturated/α-hetero) is 1. The Kier molecular flexibility index (Phi) is 3.23. The standard InChI is InChI=1S/C17H16N4O3/c1-10-9-15-18-13-3-2-4-14(22)16(13)17(20(15)19-10)11-5-7-12(8-6-11)21(23)24/h5-9,17-18H,2-4H2,1H3. The summed E-state index contributed by atoms with van der Waals surface area (Å²) in [4.78, 5) is 23.0. The number of hydrogen-bond acceptors (Lipinski definition) is 5. The molecule has 122 valence electrons. The van der Waals surface area contributed by atoms with E-state index in [9.17, 15) is 14.9 Å². The third-order valence-corrected chi connectivity index (χ3v) is 4.53. The first-order chi connectivity index (χ1) is 11.5. The van der Waals surface area contributed by atoms with E-state index in [4.69, 9.17) is 0 Å². The molecule has 24 heavy (non-hydrogen) atoms. The summed E-state index contributed by atoms with van der Waals surface area (Å²) < 4.78 is 1.80. The first-order valence-corrected chi connectivity index (χ1v) is 7.88. The fraction of sp³-hybridized carbons (Fsp3) is 0.294. The van der Waals surface area contributed by atoms with Crippen molar-refractivity contribution in [1.29, 1.82) is 0 Å². The molecule has 7 heteroatoms. The van der Waals surface area contributed by atoms with E-state index in [0.717, 1.165) is 41.2 Å². The number of nitro benzene ring substituents is 1. The van der Waals surface area contributed by atoms with Crippen LogP contribution in [0.1, 0.15) is 36.6 Å². The number of anilines is 1. The number of carbonyl (C=O) groups excluding carboxylic acids is 1. The Labute approximate surface area is 138 Å². The van der Waals surface area contributed by atoms with Crippen molar-refractivity contribution >= 4 is 17.3 Å². The number of non-ortho nitro benzene ring substituents is 1. The molecule has 0 bridgehead atoms. The predicted molar refractivity (Wildman–Crippen MR) is 87.7 cm³/mol. The number of carbonyl (C=O) groups is 1. The van der Waals surface area contributed by atoms with Gasteiger partial charge >= 0.3 is 0 Å². The number of aromatic nitrogens is 2. The Hall–Kier alpha value is -2.96. The second-order valence-corrected chi connectivity index (χ2v) is 6.16. The average Bonchev–Trinajstić information content (AvgIpc) is 2.93. The van der Waals surface area contributed by atoms with Crippen molar-refractivity contribution in [2.45, 2.75) is 32.2 Å². The molecule has 0 amide bonds. The molecular formula is C17H16N4O3. The number of aryl methyl sites for hydroxylation is 1. The normalized spacial score (nSPS) is 19.5. The van der Waals surface area contributed by atoms with Gasteiger partial charge in [-0.1, -0.05) is 0 Å². The maximum absolute atomic E-state index is 12.6. The molecule has 0 radical (unpaired) electrons. The molecule has 2 aliphatic rings. The zero-order valence-corrected chi connectivity index (χ0v) is 13.2. The summed E-state index contributed by atoms with van der Waals surface area (Å²) in [5.74, 6) is 0.968. The molecule has 1 unspecified atom stereocenters. The van der Waals surface area contributed by atoms with Crippen molar-refractivity contribution in [3.05, 3.63) is 63.0 Å². The van der Waals surface area contributed by atoms with E-state index in [2.05, 4.69) is 10.4 Å². The lowest BCUT2D eigenvalue weighted by Gasteiger charge is -2.33. The van der Waals surface area contributed by atoms with Crippen molar-refractivity contribution in [2.24, 2.45) is 0 Å². The Morgan fingerprint density at radius 2 is 2.04 bits per heavy atom. The number of rotatable bonds is 2. The van der Waals surface area contributed by atoms with E-state index in [1.807, 2.05) is 13.0 Å². The first kappa shape index (κ1) is 14.6. The van der Waals surface area contributed by atoms with Gasteiger partial charge in [-0.2, -0.15) is 5.10 Å². The van der Waals surface area contributed by atoms with Crippen LogP contribution in [0, 0.1) is 17.0 Å². The van der Waals surface area contributed by atoms with Gasteiger partial charge in [-0.15, -0.1) is 0 Å². The van der Waals surface area contributed by atoms with Gasteiger partial charge < -0.3 is 5.32 Å². The van der Waals surface area contributed by atoms with Gasteiger partial charge in [0.15, 0.2) is 5.78 Å². The first-order valence-electron chi connectivity index (χ1n) is 7.88. The van der Waals surface area contributed by atoms with Crippen LogP contribution in [0.4, 0.5) is 11.5 Å². The molecule has 4 rings (SSSR count). The zero-order chi connectivity index (χ0) is 16.8. The highest BCUT2D eigenvalue weighted by Gasteiger charge is 2.35. The fourth-order valence-electron chi connectivity index (χ4n) is 3.48. The fourth-order valence-corrected chi connectivity index (χ4v) is 3.48. The SMILES string of the molecule is Cc1cc2n(n1)C(c1ccc([N+](=O)[O-])cc1)C1=C(CCCC1=O)N2. The summed E-state index contributed by atoms with van der Waals surface area (Å²) in [5.41, 5.74) is 3.40. The number of ketones is 1. The molecule has 1 aliphatic heterocycles. The van der Waals surface area contributed by atoms with E-state index in [0.29, 0.717) is 6.42 Å². The summed E-state index contributed by atoms with van der Waals surface area (Å²) in [5, 5.41) is 18.7. The molecule has 0 spiro atoms. The molecule has 1 aliphatic carbocycles. The van der Waals surface area contributed by atoms with Crippen LogP contribution in [0.3, 0.4) is 0 Å². The Bertz CT molecular complexity index is 880. The topological polar surface area (TPSA) is 90.1 Å². The van der Waals surface area contributed by atoms with Gasteiger partial charge in [-0.05, 0) is 37.5 Å². The van der Waals surface area contributed by atoms with Gasteiger partial charge in [0.2, 0.25) is 0 Å². The molecule has 1 N–H and O–H groups in total. The molecule has 0 saturated carbocycles. The largest absolute Gasteiger partial charge is 0.343 e. The second-order valence-electron chi connectivity index (χ2n) is 6.16. The second kappa shape index (κ2) is 5.30. The molecule has 1 aromatic heterocycles. The van der Waals surface area contributed by atoms with Crippen LogP contribution < -0.4 is 5.32 Å². The monoisotopic (exact) mass is 324 g/mol. The van der Waals surface area contributed by atoms with Crippen molar-refractivity contribution in [2.75, 3.05) is 5.32 Å². The molecule has 1 aromatic carbocycles. The highest BCUT2D eigenvalue weighted by atomic mass is 16.6. The lowest BCUT2D eigenvalue weighted by Crippen LogP contribution is -2.31. The Morgan fingerprint density at radius 3 is 2.75 bits per heavy atom. The van der Waals surface area contributed by atoms with Gasteiger partial charge in [0.25, 0.3) is 5.69 Å². The predicted octanol–water partition coefficient (Wildman–Crippen LogP) is 3.12. The average molecular weight is 324 g/mol. The summed E-state index contributed by atoms with van der Waals surface area (Å²) in [6.07, 6.45) is 2.19. The number of nitro groups is 1. The summed E-state index contributed by atoms with van der Waals surface area (Å²) in [7, 11) is 0. The lowest BCUT2D eigenvalue weighted by atomic mass is 9.85. The summed E-state index contributed by atoms with van der Waals surface area (Å²) in [6.45, 7) is 1.90. The minimum absolute atomic E-state index is 0.0359. The third kappa shape index (κ3) is 2.20. The molecule has 7 nitrogen and oxygen atoms in total. The van der Waals surface area contributed by atoms with Crippen molar-refractivity contribution in [1.82, 2.24) is 9.78 Å². The molecule has 2 aromatic rings. The number of nitrogens with one attached hydrogen (secondary N) is 1. The lowest BCUT2D eigenvalue weighted by molar-refractivity contribution is -0.384. The van der Waals surface area contributed by atoms with Crippen LogP contribution in [-0.4, -0.2) is 20.5 Å². The minimum Gasteiger partial charge on any atom is -0.343 e. The Morgan fingerprint density at radius 1 is 1.29 bits per heavy atom. The quantitative estimate of drug-likeness (QED) is 0.677. The van der Waals surface area contributed by atoms with Crippen LogP contribution in [0.15, 0.2) is 41.6 Å². The number of nitrogens with zero attached hydrogens (tertiary/aromatic N) is 3. The Balaban J connectivity index is 1.87. The number of allylic oxidation sites excluding steroid dienone is 2. The van der Waals surface area contributed by atoms with Crippen molar-refractivity contribution in [3.63, 3.8) is 0 Å². The maximum Gasteiger partial charge on any atom is 0.269 e. The molecular weight excluding hydrogens is 308 g/mol. The smallest absolute Gasteiger partial charge is 0.269 e. The maximum atomic E-state index is 12.6. The van der Waals surface area contributed by atoms with E-state index >= 15 is 0 Å². The van der Waals surface area contributed by atoms with Crippen LogP contribution in [0.5, 0.6) is 0 Å². The minimum atomic E-state index is -0.424. The van der Waals surface area contributed by atoms with E-state index in [1.165, 1.54) is 12.1 Å². The molecule has 0 fully saturated rings. The number of hydrogen-bond donors (Lipinski definition) is 1. The van der Waals surface area contributed by atoms with Crippen molar-refractivity contribution in [3.8, 4) is 0 Å². The number of benzene rings is 1. The zero-order valence-electron chi connectivity index (χ0n) is 13.2. The van der Waals surface area contributed by atoms with Gasteiger partial charge in [0, 0.05) is 35.9 Å². The molecule has 2 heterocycles. The third-order valence-electron chi connectivity index (χ3n) is 4.53.